The van der Waals surface area contributed by atoms with Crippen molar-refractivity contribution < 1.29 is 5.11 Å². The zero-order valence-electron chi connectivity index (χ0n) is 14.1. The summed E-state index contributed by atoms with van der Waals surface area (Å²) >= 11 is 1.68. The van der Waals surface area contributed by atoms with Crippen LogP contribution in [0.4, 0.5) is 5.13 Å². The smallest absolute Gasteiger partial charge is 0.185 e. The van der Waals surface area contributed by atoms with Crippen LogP contribution in [0.5, 0.6) is 0 Å². The highest BCUT2D eigenvalue weighted by molar-refractivity contribution is 7.15. The molecule has 3 nitrogen and oxygen atoms in total. The third-order valence-corrected chi connectivity index (χ3v) is 6.05. The molecule has 2 rings (SSSR count). The van der Waals surface area contributed by atoms with Gasteiger partial charge in [0.1, 0.15) is 0 Å². The lowest BCUT2D eigenvalue weighted by molar-refractivity contribution is 0.199. The van der Waals surface area contributed by atoms with E-state index in [4.69, 9.17) is 4.98 Å². The molecule has 1 N–H and O–H groups in total. The lowest BCUT2D eigenvalue weighted by Gasteiger charge is -2.38. The number of nitrogens with zero attached hydrogens (tertiary/aromatic N) is 2. The van der Waals surface area contributed by atoms with E-state index in [0.29, 0.717) is 11.3 Å². The summed E-state index contributed by atoms with van der Waals surface area (Å²) in [5, 5.41) is 10.7. The number of hydrogen-bond donors (Lipinski definition) is 1. The molecule has 1 aliphatic heterocycles. The summed E-state index contributed by atoms with van der Waals surface area (Å²) in [5.74, 6) is 1.24. The fourth-order valence-corrected chi connectivity index (χ4v) is 4.21. The van der Waals surface area contributed by atoms with Crippen LogP contribution in [0.25, 0.3) is 0 Å². The van der Waals surface area contributed by atoms with Gasteiger partial charge in [-0.3, -0.25) is 0 Å². The summed E-state index contributed by atoms with van der Waals surface area (Å²) in [4.78, 5) is 8.31. The van der Waals surface area contributed by atoms with Gasteiger partial charge in [0.15, 0.2) is 5.13 Å². The monoisotopic (exact) mass is 310 g/mol. The van der Waals surface area contributed by atoms with Crippen LogP contribution in [0, 0.1) is 11.3 Å². The number of anilines is 1. The Labute approximate surface area is 133 Å². The molecule has 0 radical (unpaired) electrons. The van der Waals surface area contributed by atoms with E-state index >= 15 is 0 Å². The normalized spacial score (nSPS) is 19.0. The summed E-state index contributed by atoms with van der Waals surface area (Å²) in [7, 11) is 0. The zero-order valence-corrected chi connectivity index (χ0v) is 15.0. The molecule has 21 heavy (non-hydrogen) atoms. The molecular formula is C17H30N2OS. The van der Waals surface area contributed by atoms with Crippen LogP contribution in [-0.2, 0) is 6.61 Å². The van der Waals surface area contributed by atoms with Crippen molar-refractivity contribution in [3.05, 3.63) is 10.6 Å². The Morgan fingerprint density at radius 2 is 1.95 bits per heavy atom. The van der Waals surface area contributed by atoms with Gasteiger partial charge in [-0.2, -0.15) is 0 Å². The van der Waals surface area contributed by atoms with Crippen molar-refractivity contribution in [1.82, 2.24) is 4.98 Å². The summed E-state index contributed by atoms with van der Waals surface area (Å²) in [6.07, 6.45) is 3.56. The average molecular weight is 311 g/mol. The van der Waals surface area contributed by atoms with Gasteiger partial charge in [-0.25, -0.2) is 4.98 Å². The van der Waals surface area contributed by atoms with Crippen LogP contribution in [0.2, 0.25) is 0 Å². The van der Waals surface area contributed by atoms with Crippen molar-refractivity contribution in [2.75, 3.05) is 18.0 Å². The molecule has 1 atom stereocenters. The molecule has 120 valence electrons. The van der Waals surface area contributed by atoms with Crippen LogP contribution < -0.4 is 4.90 Å². The second-order valence-electron chi connectivity index (χ2n) is 7.40. The van der Waals surface area contributed by atoms with Gasteiger partial charge in [-0.1, -0.05) is 46.0 Å². The molecule has 1 aromatic heterocycles. The highest BCUT2D eigenvalue weighted by Gasteiger charge is 2.30. The van der Waals surface area contributed by atoms with E-state index in [-0.39, 0.29) is 6.61 Å². The van der Waals surface area contributed by atoms with Crippen LogP contribution in [0.1, 0.15) is 70.4 Å². The first-order chi connectivity index (χ1) is 9.86. The number of aliphatic hydroxyl groups is 1. The van der Waals surface area contributed by atoms with Gasteiger partial charge in [0, 0.05) is 13.1 Å². The summed E-state index contributed by atoms with van der Waals surface area (Å²) < 4.78 is 0. The maximum absolute atomic E-state index is 9.58. The van der Waals surface area contributed by atoms with E-state index in [1.165, 1.54) is 12.8 Å². The fourth-order valence-electron chi connectivity index (χ4n) is 3.11. The number of aliphatic hydroxyl groups excluding tert-OH is 1. The molecule has 1 saturated heterocycles. The zero-order chi connectivity index (χ0) is 15.6. The first-order valence-electron chi connectivity index (χ1n) is 8.22. The van der Waals surface area contributed by atoms with Gasteiger partial charge in [0.25, 0.3) is 0 Å². The van der Waals surface area contributed by atoms with Crippen molar-refractivity contribution >= 4 is 16.5 Å². The number of hydrogen-bond acceptors (Lipinski definition) is 4. The molecule has 0 saturated carbocycles. The SMILES string of the molecule is CCC(C)c1nc(N2CCC(C(C)(C)C)CC2)sc1CO. The Balaban J connectivity index is 2.08. The Hall–Kier alpha value is -0.610. The third-order valence-electron chi connectivity index (χ3n) is 4.93. The second kappa shape index (κ2) is 6.66. The van der Waals surface area contributed by atoms with Crippen LogP contribution in [-0.4, -0.2) is 23.2 Å². The number of thiazole rings is 1. The van der Waals surface area contributed by atoms with Gasteiger partial charge in [0.05, 0.1) is 17.2 Å². The first-order valence-corrected chi connectivity index (χ1v) is 9.03. The summed E-state index contributed by atoms with van der Waals surface area (Å²) in [6, 6.07) is 0. The van der Waals surface area contributed by atoms with Gasteiger partial charge in [-0.05, 0) is 36.5 Å². The quantitative estimate of drug-likeness (QED) is 0.895. The van der Waals surface area contributed by atoms with Crippen molar-refractivity contribution in [3.63, 3.8) is 0 Å². The Bertz CT molecular complexity index is 456. The van der Waals surface area contributed by atoms with E-state index in [9.17, 15) is 5.11 Å². The van der Waals surface area contributed by atoms with Crippen LogP contribution in [0.3, 0.4) is 0 Å². The maximum Gasteiger partial charge on any atom is 0.185 e. The molecule has 1 unspecified atom stereocenters. The largest absolute Gasteiger partial charge is 0.391 e. The Kier molecular flexibility index (Phi) is 5.31. The molecule has 0 aliphatic carbocycles. The molecule has 1 aromatic rings. The molecule has 4 heteroatoms. The van der Waals surface area contributed by atoms with Gasteiger partial charge >= 0.3 is 0 Å². The van der Waals surface area contributed by atoms with E-state index in [2.05, 4.69) is 39.5 Å². The van der Waals surface area contributed by atoms with E-state index in [0.717, 1.165) is 41.1 Å². The lowest BCUT2D eigenvalue weighted by atomic mass is 9.75. The van der Waals surface area contributed by atoms with E-state index in [1.807, 2.05) is 0 Å². The molecule has 0 bridgehead atoms. The van der Waals surface area contributed by atoms with Crippen molar-refractivity contribution in [1.29, 1.82) is 0 Å². The van der Waals surface area contributed by atoms with Gasteiger partial charge in [-0.15, -0.1) is 0 Å². The molecule has 2 heterocycles. The predicted octanol–water partition coefficient (Wildman–Crippen LogP) is 4.41. The molecule has 0 amide bonds. The van der Waals surface area contributed by atoms with Crippen molar-refractivity contribution in [3.8, 4) is 0 Å². The minimum absolute atomic E-state index is 0.121. The fraction of sp³-hybridized carbons (Fsp3) is 0.824. The Morgan fingerprint density at radius 3 is 2.43 bits per heavy atom. The predicted molar refractivity (Wildman–Crippen MR) is 91.1 cm³/mol. The average Bonchev–Trinajstić information content (AvgIpc) is 2.90. The third kappa shape index (κ3) is 3.78. The standard InChI is InChI=1S/C17H30N2OS/c1-6-12(2)15-14(11-20)21-16(18-15)19-9-7-13(8-10-19)17(3,4)5/h12-13,20H,6-11H2,1-5H3. The van der Waals surface area contributed by atoms with Crippen molar-refractivity contribution in [2.24, 2.45) is 11.3 Å². The van der Waals surface area contributed by atoms with Crippen LogP contribution in [0.15, 0.2) is 0 Å². The number of piperidine rings is 1. The van der Waals surface area contributed by atoms with E-state index in [1.54, 1.807) is 11.3 Å². The Morgan fingerprint density at radius 1 is 1.33 bits per heavy atom. The summed E-state index contributed by atoms with van der Waals surface area (Å²) in [5.41, 5.74) is 1.52. The molecule has 1 fully saturated rings. The van der Waals surface area contributed by atoms with Gasteiger partial charge in [0.2, 0.25) is 0 Å². The summed E-state index contributed by atoms with van der Waals surface area (Å²) in [6.45, 7) is 13.7. The van der Waals surface area contributed by atoms with E-state index < -0.39 is 0 Å². The minimum Gasteiger partial charge on any atom is -0.391 e. The topological polar surface area (TPSA) is 36.4 Å². The highest BCUT2D eigenvalue weighted by atomic mass is 32.1. The molecule has 0 spiro atoms. The van der Waals surface area contributed by atoms with Crippen molar-refractivity contribution in [2.45, 2.75) is 66.4 Å². The molecular weight excluding hydrogens is 280 g/mol. The number of rotatable bonds is 4. The molecule has 0 aromatic carbocycles. The highest BCUT2D eigenvalue weighted by Crippen LogP contribution is 2.38. The number of aromatic nitrogens is 1. The van der Waals surface area contributed by atoms with Gasteiger partial charge < -0.3 is 10.0 Å². The molecule has 1 aliphatic rings. The maximum atomic E-state index is 9.58. The minimum atomic E-state index is 0.121. The second-order valence-corrected chi connectivity index (χ2v) is 8.46. The lowest BCUT2D eigenvalue weighted by Crippen LogP contribution is -2.38. The van der Waals surface area contributed by atoms with Crippen LogP contribution >= 0.6 is 11.3 Å². The first kappa shape index (κ1) is 16.8.